The van der Waals surface area contributed by atoms with E-state index in [9.17, 15) is 4.79 Å². The van der Waals surface area contributed by atoms with Crippen molar-refractivity contribution in [3.63, 3.8) is 0 Å². The molecule has 0 bridgehead atoms. The maximum Gasteiger partial charge on any atom is 0.338 e. The summed E-state index contributed by atoms with van der Waals surface area (Å²) in [7, 11) is 1.56. The number of fused-ring (bicyclic) bond motifs is 3. The van der Waals surface area contributed by atoms with Crippen molar-refractivity contribution < 1.29 is 38.0 Å². The molecule has 0 spiro atoms. The first-order valence-corrected chi connectivity index (χ1v) is 11.5. The molecule has 3 saturated heterocycles. The largest absolute Gasteiger partial charge is 0.455 e. The van der Waals surface area contributed by atoms with E-state index in [1.807, 2.05) is 60.7 Å². The fraction of sp³-hybridized carbons (Fsp3) is 0.500. The van der Waals surface area contributed by atoms with Gasteiger partial charge in [-0.25, -0.2) is 4.79 Å². The molecular formula is C26H30O8. The van der Waals surface area contributed by atoms with Crippen molar-refractivity contribution in [3.05, 3.63) is 71.8 Å². The molecule has 3 aliphatic heterocycles. The van der Waals surface area contributed by atoms with E-state index in [2.05, 4.69) is 0 Å². The van der Waals surface area contributed by atoms with Crippen molar-refractivity contribution in [1.29, 1.82) is 0 Å². The third-order valence-corrected chi connectivity index (χ3v) is 6.27. The lowest BCUT2D eigenvalue weighted by molar-refractivity contribution is -0.333. The van der Waals surface area contributed by atoms with Gasteiger partial charge >= 0.3 is 5.97 Å². The molecule has 7 atom stereocenters. The van der Waals surface area contributed by atoms with E-state index in [4.69, 9.17) is 33.2 Å². The van der Waals surface area contributed by atoms with E-state index in [0.717, 1.165) is 11.1 Å². The number of hydrogen-bond acceptors (Lipinski definition) is 8. The highest BCUT2D eigenvalue weighted by Gasteiger charge is 2.62. The summed E-state index contributed by atoms with van der Waals surface area (Å²) in [6, 6.07) is 19.6. The number of methoxy groups -OCH3 is 1. The number of rotatable bonds is 7. The number of carbonyl (C=O) groups excluding carboxylic acids is 1. The maximum absolute atomic E-state index is 12.9. The van der Waals surface area contributed by atoms with Gasteiger partial charge in [-0.3, -0.25) is 0 Å². The summed E-state index contributed by atoms with van der Waals surface area (Å²) >= 11 is 0. The Morgan fingerprint density at radius 3 is 1.97 bits per heavy atom. The molecule has 0 unspecified atom stereocenters. The van der Waals surface area contributed by atoms with Crippen LogP contribution in [0.25, 0.3) is 0 Å². The number of carbonyl (C=O) groups is 1. The van der Waals surface area contributed by atoms with Gasteiger partial charge in [0.25, 0.3) is 0 Å². The van der Waals surface area contributed by atoms with Crippen molar-refractivity contribution in [2.75, 3.05) is 7.11 Å². The Morgan fingerprint density at radius 2 is 1.38 bits per heavy atom. The minimum Gasteiger partial charge on any atom is -0.455 e. The first kappa shape index (κ1) is 23.4. The summed E-state index contributed by atoms with van der Waals surface area (Å²) in [4.78, 5) is 12.9. The second-order valence-electron chi connectivity index (χ2n) is 9.15. The van der Waals surface area contributed by atoms with Crippen LogP contribution in [0.3, 0.4) is 0 Å². The Morgan fingerprint density at radius 1 is 0.794 bits per heavy atom. The first-order valence-electron chi connectivity index (χ1n) is 11.5. The zero-order valence-corrected chi connectivity index (χ0v) is 19.5. The monoisotopic (exact) mass is 470 g/mol. The van der Waals surface area contributed by atoms with E-state index in [1.165, 1.54) is 0 Å². The van der Waals surface area contributed by atoms with Crippen molar-refractivity contribution in [3.8, 4) is 0 Å². The topological polar surface area (TPSA) is 81.7 Å². The molecule has 5 rings (SSSR count). The Balaban J connectivity index is 1.42. The predicted molar refractivity (Wildman–Crippen MR) is 119 cm³/mol. The second-order valence-corrected chi connectivity index (χ2v) is 9.15. The Bertz CT molecular complexity index is 965. The molecule has 3 aliphatic rings. The SMILES string of the molecule is CO[C@@H]1O[C@@H]2[C@@H](OC(=O)[C@@H]3OC(C)(C)O[C@H]23)[C@H](OCc2ccccc2)[C@H]1OCc1ccccc1. The quantitative estimate of drug-likeness (QED) is 0.572. The van der Waals surface area contributed by atoms with Crippen LogP contribution < -0.4 is 0 Å². The van der Waals surface area contributed by atoms with Gasteiger partial charge in [-0.1, -0.05) is 60.7 Å². The van der Waals surface area contributed by atoms with Gasteiger partial charge in [0.15, 0.2) is 24.3 Å². The van der Waals surface area contributed by atoms with Gasteiger partial charge in [0.05, 0.1) is 13.2 Å². The van der Waals surface area contributed by atoms with Crippen LogP contribution in [0.2, 0.25) is 0 Å². The Hall–Kier alpha value is -2.33. The average molecular weight is 471 g/mol. The van der Waals surface area contributed by atoms with Crippen LogP contribution in [0.5, 0.6) is 0 Å². The van der Waals surface area contributed by atoms with Crippen molar-refractivity contribution in [2.24, 2.45) is 0 Å². The molecular weight excluding hydrogens is 440 g/mol. The molecule has 8 heteroatoms. The summed E-state index contributed by atoms with van der Waals surface area (Å²) < 4.78 is 42.3. The van der Waals surface area contributed by atoms with Crippen molar-refractivity contribution >= 4 is 5.97 Å². The third-order valence-electron chi connectivity index (χ3n) is 6.27. The van der Waals surface area contributed by atoms with Crippen LogP contribution in [0.1, 0.15) is 25.0 Å². The number of esters is 1. The number of benzene rings is 2. The van der Waals surface area contributed by atoms with Crippen molar-refractivity contribution in [2.45, 2.75) is 75.8 Å². The molecule has 0 aliphatic carbocycles. The molecule has 8 nitrogen and oxygen atoms in total. The number of ether oxygens (including phenoxy) is 7. The van der Waals surface area contributed by atoms with Crippen LogP contribution in [0.15, 0.2) is 60.7 Å². The fourth-order valence-electron chi connectivity index (χ4n) is 4.74. The van der Waals surface area contributed by atoms with Gasteiger partial charge in [0.2, 0.25) is 0 Å². The summed E-state index contributed by atoms with van der Waals surface area (Å²) in [6.07, 6.45) is -4.94. The van der Waals surface area contributed by atoms with E-state index in [0.29, 0.717) is 13.2 Å². The normalized spacial score (nSPS) is 34.2. The van der Waals surface area contributed by atoms with E-state index < -0.39 is 54.7 Å². The molecule has 0 amide bonds. The molecule has 2 aromatic carbocycles. The Kier molecular flexibility index (Phi) is 6.70. The molecule has 34 heavy (non-hydrogen) atoms. The van der Waals surface area contributed by atoms with Gasteiger partial charge < -0.3 is 33.2 Å². The minimum absolute atomic E-state index is 0.310. The predicted octanol–water partition coefficient (Wildman–Crippen LogP) is 2.97. The maximum atomic E-state index is 12.9. The van der Waals surface area contributed by atoms with E-state index in [-0.39, 0.29) is 0 Å². The summed E-state index contributed by atoms with van der Waals surface area (Å²) in [5.41, 5.74) is 1.99. The molecule has 182 valence electrons. The highest BCUT2D eigenvalue weighted by molar-refractivity contribution is 5.77. The van der Waals surface area contributed by atoms with Gasteiger partial charge in [-0.05, 0) is 25.0 Å². The molecule has 2 aromatic rings. The van der Waals surface area contributed by atoms with E-state index >= 15 is 0 Å². The molecule has 3 heterocycles. The lowest BCUT2D eigenvalue weighted by Gasteiger charge is -2.48. The average Bonchev–Trinajstić information content (AvgIpc) is 3.18. The van der Waals surface area contributed by atoms with Crippen LogP contribution in [0.4, 0.5) is 0 Å². The minimum atomic E-state index is -0.934. The molecule has 0 N–H and O–H groups in total. The zero-order valence-electron chi connectivity index (χ0n) is 19.5. The van der Waals surface area contributed by atoms with Crippen molar-refractivity contribution in [1.82, 2.24) is 0 Å². The molecule has 0 radical (unpaired) electrons. The van der Waals surface area contributed by atoms with Gasteiger partial charge in [0, 0.05) is 7.11 Å². The molecule has 0 saturated carbocycles. The lowest BCUT2D eigenvalue weighted by Crippen LogP contribution is -2.68. The Labute approximate surface area is 199 Å². The van der Waals surface area contributed by atoms with Gasteiger partial charge in [0.1, 0.15) is 24.4 Å². The fourth-order valence-corrected chi connectivity index (χ4v) is 4.74. The van der Waals surface area contributed by atoms with Crippen LogP contribution in [0, 0.1) is 0 Å². The zero-order chi connectivity index (χ0) is 23.7. The highest BCUT2D eigenvalue weighted by atomic mass is 16.8. The smallest absolute Gasteiger partial charge is 0.338 e. The summed E-state index contributed by atoms with van der Waals surface area (Å²) in [5, 5.41) is 0. The lowest BCUT2D eigenvalue weighted by atomic mass is 9.90. The number of hydrogen-bond donors (Lipinski definition) is 0. The molecule has 0 aromatic heterocycles. The van der Waals surface area contributed by atoms with Gasteiger partial charge in [-0.2, -0.15) is 0 Å². The standard InChI is InChI=1S/C26H30O8/c1-26(2)33-21-20-19(31-24(27)22(21)34-26)18(29-14-16-10-6-4-7-11-16)23(25(28-3)32-20)30-15-17-12-8-5-9-13-17/h4-13,18-23,25H,14-15H2,1-3H3/t18-,19-,20+,21+,22+,23+,25+/m0/s1. The van der Waals surface area contributed by atoms with Crippen LogP contribution in [-0.2, 0) is 51.2 Å². The summed E-state index contributed by atoms with van der Waals surface area (Å²) in [6.45, 7) is 4.16. The highest BCUT2D eigenvalue weighted by Crippen LogP contribution is 2.41. The second kappa shape index (κ2) is 9.73. The summed E-state index contributed by atoms with van der Waals surface area (Å²) in [5.74, 6) is -1.43. The molecule has 3 fully saturated rings. The van der Waals surface area contributed by atoms with Crippen LogP contribution in [-0.4, -0.2) is 61.8 Å². The van der Waals surface area contributed by atoms with Crippen LogP contribution >= 0.6 is 0 Å². The van der Waals surface area contributed by atoms with Gasteiger partial charge in [-0.15, -0.1) is 0 Å². The third kappa shape index (κ3) is 4.75. The first-order chi connectivity index (χ1) is 16.4. The van der Waals surface area contributed by atoms with E-state index in [1.54, 1.807) is 21.0 Å².